The molecule has 8 nitrogen and oxygen atoms in total. The van der Waals surface area contributed by atoms with Crippen LogP contribution in [0.4, 0.5) is 0 Å². The summed E-state index contributed by atoms with van der Waals surface area (Å²) in [6, 6.07) is 4.27. The van der Waals surface area contributed by atoms with Gasteiger partial charge in [0.25, 0.3) is 0 Å². The molecule has 0 fully saturated rings. The summed E-state index contributed by atoms with van der Waals surface area (Å²) in [4.78, 5) is 36.1. The molecule has 0 aliphatic carbocycles. The molecule has 132 valence electrons. The van der Waals surface area contributed by atoms with Crippen LogP contribution in [-0.2, 0) is 25.5 Å². The number of hydrogen-bond donors (Lipinski definition) is 3. The number of nitrogens with two attached hydrogens (primary N) is 1. The molecule has 1 unspecified atom stereocenters. The van der Waals surface area contributed by atoms with Crippen molar-refractivity contribution in [2.45, 2.75) is 31.3 Å². The van der Waals surface area contributed by atoms with Gasteiger partial charge in [-0.2, -0.15) is 0 Å². The predicted molar refractivity (Wildman–Crippen MR) is 85.2 cm³/mol. The maximum absolute atomic E-state index is 12.2. The van der Waals surface area contributed by atoms with Crippen molar-refractivity contribution in [1.29, 1.82) is 0 Å². The third-order valence-corrected chi connectivity index (χ3v) is 3.69. The summed E-state index contributed by atoms with van der Waals surface area (Å²) in [5, 5.41) is 18.0. The highest BCUT2D eigenvalue weighted by atomic mass is 16.5. The highest BCUT2D eigenvalue weighted by Crippen LogP contribution is 2.15. The smallest absolute Gasteiger partial charge is 0.328 e. The van der Waals surface area contributed by atoms with Gasteiger partial charge in [-0.3, -0.25) is 9.59 Å². The van der Waals surface area contributed by atoms with Crippen molar-refractivity contribution in [2.24, 2.45) is 5.73 Å². The third-order valence-electron chi connectivity index (χ3n) is 3.69. The van der Waals surface area contributed by atoms with Crippen LogP contribution in [0.3, 0.4) is 0 Å². The normalized spacial score (nSPS) is 13.0. The Morgan fingerprint density at radius 3 is 2.33 bits per heavy atom. The molecule has 0 radical (unpaired) electrons. The summed E-state index contributed by atoms with van der Waals surface area (Å²) in [7, 11) is 2.68. The van der Waals surface area contributed by atoms with Gasteiger partial charge in [0.15, 0.2) is 0 Å². The second-order valence-corrected chi connectivity index (χ2v) is 5.40. The zero-order chi connectivity index (χ0) is 18.3. The Balaban J connectivity index is 2.79. The second kappa shape index (κ2) is 8.88. The number of carbonyl (C=O) groups is 3. The van der Waals surface area contributed by atoms with E-state index in [1.807, 2.05) is 0 Å². The summed E-state index contributed by atoms with van der Waals surface area (Å²) >= 11 is 0. The van der Waals surface area contributed by atoms with Gasteiger partial charge in [-0.1, -0.05) is 12.1 Å². The van der Waals surface area contributed by atoms with Crippen molar-refractivity contribution >= 4 is 17.8 Å². The predicted octanol–water partition coefficient (Wildman–Crippen LogP) is 0.127. The average molecular weight is 338 g/mol. The van der Waals surface area contributed by atoms with Gasteiger partial charge in [-0.15, -0.1) is 0 Å². The molecule has 0 aliphatic rings. The Bertz CT molecular complexity index is 587. The fourth-order valence-electron chi connectivity index (χ4n) is 2.12. The van der Waals surface area contributed by atoms with Gasteiger partial charge in [-0.25, -0.2) is 4.79 Å². The van der Waals surface area contributed by atoms with Crippen LogP contribution in [-0.4, -0.2) is 59.2 Å². The van der Waals surface area contributed by atoms with Crippen molar-refractivity contribution in [3.63, 3.8) is 0 Å². The summed E-state index contributed by atoms with van der Waals surface area (Å²) < 4.78 is 4.74. The number of carboxylic acids is 1. The van der Waals surface area contributed by atoms with Gasteiger partial charge in [0.2, 0.25) is 5.91 Å². The van der Waals surface area contributed by atoms with Crippen LogP contribution in [0.25, 0.3) is 0 Å². The van der Waals surface area contributed by atoms with E-state index in [0.29, 0.717) is 0 Å². The summed E-state index contributed by atoms with van der Waals surface area (Å²) in [5.41, 5.74) is 6.12. The summed E-state index contributed by atoms with van der Waals surface area (Å²) in [6.07, 6.45) is 0.0961. The molecule has 1 aromatic carbocycles. The van der Waals surface area contributed by atoms with Gasteiger partial charge in [0, 0.05) is 19.9 Å². The lowest BCUT2D eigenvalue weighted by Gasteiger charge is -2.26. The lowest BCUT2D eigenvalue weighted by atomic mass is 10.0. The quantitative estimate of drug-likeness (QED) is 0.574. The van der Waals surface area contributed by atoms with Crippen LogP contribution in [0.1, 0.15) is 18.4 Å². The summed E-state index contributed by atoms with van der Waals surface area (Å²) in [6.45, 7) is 0. The zero-order valence-corrected chi connectivity index (χ0v) is 13.6. The minimum atomic E-state index is -1.18. The first-order valence-electron chi connectivity index (χ1n) is 7.36. The highest BCUT2D eigenvalue weighted by Gasteiger charge is 2.28. The van der Waals surface area contributed by atoms with Crippen molar-refractivity contribution in [3.05, 3.63) is 29.8 Å². The molecule has 0 saturated carbocycles. The van der Waals surface area contributed by atoms with E-state index >= 15 is 0 Å². The molecule has 24 heavy (non-hydrogen) atoms. The molecule has 4 N–H and O–H groups in total. The largest absolute Gasteiger partial charge is 0.508 e. The Hall–Kier alpha value is -2.61. The summed E-state index contributed by atoms with van der Waals surface area (Å²) in [5.74, 6) is -2.07. The van der Waals surface area contributed by atoms with E-state index in [4.69, 9.17) is 15.6 Å². The van der Waals surface area contributed by atoms with E-state index in [1.54, 1.807) is 12.1 Å². The first-order chi connectivity index (χ1) is 11.3. The number of likely N-dealkylation sites (N-methyl/N-ethyl adjacent to an activating group) is 1. The molecule has 0 bridgehead atoms. The molecular formula is C16H22N2O6. The zero-order valence-electron chi connectivity index (χ0n) is 13.6. The fraction of sp³-hybridized carbons (Fsp3) is 0.438. The third kappa shape index (κ3) is 5.54. The highest BCUT2D eigenvalue weighted by molar-refractivity contribution is 5.85. The number of amides is 1. The van der Waals surface area contributed by atoms with Crippen molar-refractivity contribution < 1.29 is 29.3 Å². The maximum atomic E-state index is 12.2. The fourth-order valence-corrected chi connectivity index (χ4v) is 2.12. The van der Waals surface area contributed by atoms with E-state index in [0.717, 1.165) is 5.56 Å². The van der Waals surface area contributed by atoms with Gasteiger partial charge >= 0.3 is 11.9 Å². The Kier molecular flexibility index (Phi) is 7.19. The van der Waals surface area contributed by atoms with E-state index in [-0.39, 0.29) is 25.0 Å². The number of rotatable bonds is 8. The molecule has 1 amide bonds. The van der Waals surface area contributed by atoms with Crippen molar-refractivity contribution in [1.82, 2.24) is 4.90 Å². The molecule has 1 aromatic rings. The molecule has 0 aromatic heterocycles. The number of methoxy groups -OCH3 is 1. The molecule has 1 rings (SSSR count). The minimum Gasteiger partial charge on any atom is -0.508 e. The average Bonchev–Trinajstić information content (AvgIpc) is 2.57. The second-order valence-electron chi connectivity index (χ2n) is 5.40. The van der Waals surface area contributed by atoms with Crippen LogP contribution in [0, 0.1) is 0 Å². The van der Waals surface area contributed by atoms with Crippen molar-refractivity contribution in [3.8, 4) is 5.75 Å². The number of benzene rings is 1. The Morgan fingerprint density at radius 2 is 1.83 bits per heavy atom. The lowest BCUT2D eigenvalue weighted by molar-refractivity contribution is -0.152. The van der Waals surface area contributed by atoms with Crippen LogP contribution in [0.5, 0.6) is 5.75 Å². The van der Waals surface area contributed by atoms with E-state index < -0.39 is 29.9 Å². The number of phenols is 1. The van der Waals surface area contributed by atoms with E-state index in [9.17, 15) is 19.5 Å². The molecule has 8 heteroatoms. The topological polar surface area (TPSA) is 130 Å². The van der Waals surface area contributed by atoms with Crippen LogP contribution in [0.2, 0.25) is 0 Å². The number of ether oxygens (including phenoxy) is 1. The number of carboxylic acid groups (broad SMARTS) is 1. The standard InChI is InChI=1S/C16H22N2O6/c1-18(14(20)8-7-12(17)15(21)22)13(16(23)24-2)9-10-3-5-11(19)6-4-10/h3-6,12-13,19H,7-9,17H2,1-2H3,(H,21,22)/t12?,13-/m0/s1. The number of esters is 1. The molecule has 0 aliphatic heterocycles. The molecule has 2 atom stereocenters. The first kappa shape index (κ1) is 19.4. The number of phenolic OH excluding ortho intramolecular Hbond substituents is 1. The van der Waals surface area contributed by atoms with Crippen LogP contribution < -0.4 is 5.73 Å². The first-order valence-corrected chi connectivity index (χ1v) is 7.36. The van der Waals surface area contributed by atoms with Gasteiger partial charge in [0.1, 0.15) is 17.8 Å². The number of nitrogens with zero attached hydrogens (tertiary/aromatic N) is 1. The van der Waals surface area contributed by atoms with Crippen molar-refractivity contribution in [2.75, 3.05) is 14.2 Å². The maximum Gasteiger partial charge on any atom is 0.328 e. The monoisotopic (exact) mass is 338 g/mol. The minimum absolute atomic E-state index is 0.0222. The van der Waals surface area contributed by atoms with Gasteiger partial charge in [0.05, 0.1) is 7.11 Å². The van der Waals surface area contributed by atoms with E-state index in [1.165, 1.54) is 31.2 Å². The number of aromatic hydroxyl groups is 1. The van der Waals surface area contributed by atoms with Crippen LogP contribution in [0.15, 0.2) is 24.3 Å². The number of aliphatic carboxylic acids is 1. The Labute approximate surface area is 139 Å². The molecule has 0 saturated heterocycles. The lowest BCUT2D eigenvalue weighted by Crippen LogP contribution is -2.45. The molecule has 0 heterocycles. The number of carbonyl (C=O) groups excluding carboxylic acids is 2. The number of hydrogen-bond acceptors (Lipinski definition) is 6. The molecular weight excluding hydrogens is 316 g/mol. The SMILES string of the molecule is COC(=O)[C@H](Cc1ccc(O)cc1)N(C)C(=O)CCC(N)C(=O)O. The van der Waals surface area contributed by atoms with Gasteiger partial charge < -0.3 is 25.6 Å². The molecule has 0 spiro atoms. The van der Waals surface area contributed by atoms with Gasteiger partial charge in [-0.05, 0) is 24.1 Å². The van der Waals surface area contributed by atoms with Crippen LogP contribution >= 0.6 is 0 Å². The Morgan fingerprint density at radius 1 is 1.25 bits per heavy atom. The van der Waals surface area contributed by atoms with E-state index in [2.05, 4.69) is 0 Å².